The molecule has 1 heterocycles. The van der Waals surface area contributed by atoms with Crippen LogP contribution in [0.2, 0.25) is 0 Å². The molecule has 0 aliphatic rings. The van der Waals surface area contributed by atoms with Gasteiger partial charge < -0.3 is 0 Å². The van der Waals surface area contributed by atoms with E-state index in [0.29, 0.717) is 17.5 Å². The van der Waals surface area contributed by atoms with Crippen molar-refractivity contribution in [2.75, 3.05) is 0 Å². The molecule has 9 aromatic carbocycles. The second-order valence-electron chi connectivity index (χ2n) is 14.8. The summed E-state index contributed by atoms with van der Waals surface area (Å²) in [6.45, 7) is 0. The lowest BCUT2D eigenvalue weighted by atomic mass is 9.94. The third-order valence-corrected chi connectivity index (χ3v) is 11.0. The van der Waals surface area contributed by atoms with E-state index in [2.05, 4.69) is 231 Å². The molecule has 0 amide bonds. The van der Waals surface area contributed by atoms with Crippen molar-refractivity contribution < 1.29 is 0 Å². The zero-order valence-electron chi connectivity index (χ0n) is 32.9. The average Bonchev–Trinajstić information content (AvgIpc) is 3.35. The molecule has 0 aliphatic heterocycles. The van der Waals surface area contributed by atoms with Gasteiger partial charge >= 0.3 is 0 Å². The Balaban J connectivity index is 1.02. The molecule has 0 spiro atoms. The zero-order valence-corrected chi connectivity index (χ0v) is 32.9. The van der Waals surface area contributed by atoms with Crippen LogP contribution >= 0.6 is 0 Å². The lowest BCUT2D eigenvalue weighted by Crippen LogP contribution is -2.00. The molecule has 3 nitrogen and oxygen atoms in total. The van der Waals surface area contributed by atoms with Crippen molar-refractivity contribution in [3.05, 3.63) is 237 Å². The molecule has 0 atom stereocenters. The number of nitrogens with zero attached hydrogens (tertiary/aromatic N) is 3. The summed E-state index contributed by atoms with van der Waals surface area (Å²) in [7, 11) is 0. The van der Waals surface area contributed by atoms with E-state index in [0.717, 1.165) is 38.9 Å². The molecule has 0 aliphatic carbocycles. The Morgan fingerprint density at radius 3 is 0.750 bits per heavy atom. The normalized spacial score (nSPS) is 11.0. The van der Waals surface area contributed by atoms with Gasteiger partial charge in [-0.05, 0) is 72.8 Å². The molecule has 3 heteroatoms. The maximum atomic E-state index is 5.12. The van der Waals surface area contributed by atoms with Crippen LogP contribution in [0.15, 0.2) is 237 Å². The topological polar surface area (TPSA) is 38.7 Å². The maximum absolute atomic E-state index is 5.12. The summed E-state index contributed by atoms with van der Waals surface area (Å²) in [5.74, 6) is 1.86. The quantitative estimate of drug-likeness (QED) is 0.147. The smallest absolute Gasteiger partial charge is 0.164 e. The van der Waals surface area contributed by atoms with E-state index in [-0.39, 0.29) is 0 Å². The highest BCUT2D eigenvalue weighted by molar-refractivity contribution is 5.86. The minimum Gasteiger partial charge on any atom is -0.208 e. The fourth-order valence-electron chi connectivity index (χ4n) is 7.89. The van der Waals surface area contributed by atoms with Crippen molar-refractivity contribution in [2.45, 2.75) is 0 Å². The van der Waals surface area contributed by atoms with Crippen molar-refractivity contribution in [1.29, 1.82) is 0 Å². The maximum Gasteiger partial charge on any atom is 0.164 e. The lowest BCUT2D eigenvalue weighted by Gasteiger charge is -2.13. The van der Waals surface area contributed by atoms with E-state index in [1.54, 1.807) is 0 Å². The molecule has 10 rings (SSSR count). The molecule has 0 unspecified atom stereocenters. The van der Waals surface area contributed by atoms with Gasteiger partial charge in [-0.15, -0.1) is 0 Å². The van der Waals surface area contributed by atoms with Crippen LogP contribution in [0.4, 0.5) is 0 Å². The fourth-order valence-corrected chi connectivity index (χ4v) is 7.89. The Bertz CT molecular complexity index is 2890. The fraction of sp³-hybridized carbons (Fsp3) is 0. The van der Waals surface area contributed by atoms with Crippen LogP contribution in [0.3, 0.4) is 0 Å². The standard InChI is InChI=1S/C57H39N3/c1-4-15-40(16-5-1)49-21-14-22-50(39-49)41-27-33-46(34-28-41)55-58-56(47-35-29-44(30-36-47)53-25-12-10-23-51(53)42-17-6-2-7-18-42)60-57(59-55)48-37-31-45(32-38-48)54-26-13-11-24-52(54)43-19-8-3-9-20-43/h1-39H. The first-order chi connectivity index (χ1) is 29.7. The predicted molar refractivity (Wildman–Crippen MR) is 249 cm³/mol. The highest BCUT2D eigenvalue weighted by Gasteiger charge is 2.15. The third-order valence-electron chi connectivity index (χ3n) is 11.0. The van der Waals surface area contributed by atoms with Crippen molar-refractivity contribution in [1.82, 2.24) is 15.0 Å². The number of aromatic nitrogens is 3. The van der Waals surface area contributed by atoms with Crippen LogP contribution in [0.1, 0.15) is 0 Å². The zero-order chi connectivity index (χ0) is 40.1. The SMILES string of the molecule is c1ccc(-c2cccc(-c3ccc(-c4nc(-c5ccc(-c6ccccc6-c6ccccc6)cc5)nc(-c5ccc(-c6ccccc6-c6ccccc6)cc5)n4)cc3)c2)cc1. The van der Waals surface area contributed by atoms with Crippen LogP contribution < -0.4 is 0 Å². The van der Waals surface area contributed by atoms with Gasteiger partial charge in [0.15, 0.2) is 17.5 Å². The lowest BCUT2D eigenvalue weighted by molar-refractivity contribution is 1.07. The minimum atomic E-state index is 0.621. The van der Waals surface area contributed by atoms with Gasteiger partial charge in [-0.1, -0.05) is 231 Å². The average molecular weight is 766 g/mol. The molecular formula is C57H39N3. The third kappa shape index (κ3) is 7.56. The molecule has 0 fully saturated rings. The Morgan fingerprint density at radius 2 is 0.400 bits per heavy atom. The highest BCUT2D eigenvalue weighted by Crippen LogP contribution is 2.36. The molecular weight excluding hydrogens is 727 g/mol. The summed E-state index contributed by atoms with van der Waals surface area (Å²) >= 11 is 0. The van der Waals surface area contributed by atoms with E-state index in [1.165, 1.54) is 44.5 Å². The summed E-state index contributed by atoms with van der Waals surface area (Å²) in [5, 5.41) is 0. The van der Waals surface area contributed by atoms with Crippen molar-refractivity contribution in [3.63, 3.8) is 0 Å². The molecule has 0 radical (unpaired) electrons. The number of benzene rings is 9. The van der Waals surface area contributed by atoms with E-state index >= 15 is 0 Å². The molecule has 60 heavy (non-hydrogen) atoms. The summed E-state index contributed by atoms with van der Waals surface area (Å²) in [6.07, 6.45) is 0. The van der Waals surface area contributed by atoms with Gasteiger partial charge in [0.25, 0.3) is 0 Å². The largest absolute Gasteiger partial charge is 0.208 e. The minimum absolute atomic E-state index is 0.621. The van der Waals surface area contributed by atoms with Crippen molar-refractivity contribution >= 4 is 0 Å². The Hall–Kier alpha value is -8.01. The number of rotatable bonds is 9. The Kier molecular flexibility index (Phi) is 9.97. The molecule has 0 saturated heterocycles. The number of hydrogen-bond donors (Lipinski definition) is 0. The van der Waals surface area contributed by atoms with Gasteiger partial charge in [0, 0.05) is 16.7 Å². The molecule has 0 saturated carbocycles. The van der Waals surface area contributed by atoms with Crippen molar-refractivity contribution in [2.24, 2.45) is 0 Å². The van der Waals surface area contributed by atoms with Crippen LogP contribution in [0.5, 0.6) is 0 Å². The second kappa shape index (κ2) is 16.5. The first kappa shape index (κ1) is 36.3. The Labute approximate surface area is 351 Å². The van der Waals surface area contributed by atoms with E-state index < -0.39 is 0 Å². The molecule has 1 aromatic heterocycles. The van der Waals surface area contributed by atoms with Crippen LogP contribution in [-0.2, 0) is 0 Å². The first-order valence-corrected chi connectivity index (χ1v) is 20.3. The molecule has 282 valence electrons. The van der Waals surface area contributed by atoms with Gasteiger partial charge in [0.05, 0.1) is 0 Å². The van der Waals surface area contributed by atoms with Crippen LogP contribution in [0.25, 0.3) is 101 Å². The highest BCUT2D eigenvalue weighted by atomic mass is 15.0. The summed E-state index contributed by atoms with van der Waals surface area (Å²) < 4.78 is 0. The van der Waals surface area contributed by atoms with Crippen LogP contribution in [0, 0.1) is 0 Å². The Morgan fingerprint density at radius 1 is 0.167 bits per heavy atom. The van der Waals surface area contributed by atoms with Gasteiger partial charge in [-0.25, -0.2) is 15.0 Å². The van der Waals surface area contributed by atoms with Crippen molar-refractivity contribution in [3.8, 4) is 101 Å². The van der Waals surface area contributed by atoms with E-state index in [4.69, 9.17) is 15.0 Å². The molecule has 0 N–H and O–H groups in total. The molecule has 10 aromatic rings. The van der Waals surface area contributed by atoms with Crippen LogP contribution in [-0.4, -0.2) is 15.0 Å². The number of hydrogen-bond acceptors (Lipinski definition) is 3. The predicted octanol–water partition coefficient (Wildman–Crippen LogP) is 14.9. The van der Waals surface area contributed by atoms with Gasteiger partial charge in [-0.3, -0.25) is 0 Å². The second-order valence-corrected chi connectivity index (χ2v) is 14.8. The molecule has 0 bridgehead atoms. The van der Waals surface area contributed by atoms with E-state index in [9.17, 15) is 0 Å². The summed E-state index contributed by atoms with van der Waals surface area (Å²) in [5.41, 5.74) is 16.8. The monoisotopic (exact) mass is 765 g/mol. The summed E-state index contributed by atoms with van der Waals surface area (Å²) in [4.78, 5) is 15.3. The van der Waals surface area contributed by atoms with Gasteiger partial charge in [0.2, 0.25) is 0 Å². The van der Waals surface area contributed by atoms with Gasteiger partial charge in [-0.2, -0.15) is 0 Å². The summed E-state index contributed by atoms with van der Waals surface area (Å²) in [6, 6.07) is 83.0. The van der Waals surface area contributed by atoms with Gasteiger partial charge in [0.1, 0.15) is 0 Å². The first-order valence-electron chi connectivity index (χ1n) is 20.3. The van der Waals surface area contributed by atoms with E-state index in [1.807, 2.05) is 6.07 Å².